The number of anilines is 1. The second-order valence-electron chi connectivity index (χ2n) is 10.4. The zero-order valence-corrected chi connectivity index (χ0v) is 21.7. The van der Waals surface area contributed by atoms with Crippen molar-refractivity contribution in [3.05, 3.63) is 101 Å². The van der Waals surface area contributed by atoms with Crippen LogP contribution in [0.1, 0.15) is 24.0 Å². The highest BCUT2D eigenvalue weighted by molar-refractivity contribution is 6.69. The summed E-state index contributed by atoms with van der Waals surface area (Å²) in [4.78, 5) is 2.00. The van der Waals surface area contributed by atoms with Gasteiger partial charge in [0.25, 0.3) is 0 Å². The second kappa shape index (κ2) is 9.50. The van der Waals surface area contributed by atoms with E-state index in [0.29, 0.717) is 12.8 Å². The average Bonchev–Trinajstić information content (AvgIpc) is 3.47. The van der Waals surface area contributed by atoms with E-state index in [4.69, 9.17) is 4.43 Å². The van der Waals surface area contributed by atoms with Gasteiger partial charge in [0.05, 0.1) is 12.8 Å². The van der Waals surface area contributed by atoms with Crippen molar-refractivity contribution in [3.63, 3.8) is 0 Å². The van der Waals surface area contributed by atoms with Crippen molar-refractivity contribution in [2.24, 2.45) is 0 Å². The first-order chi connectivity index (χ1) is 17.5. The molecule has 0 saturated carbocycles. The van der Waals surface area contributed by atoms with E-state index in [1.165, 1.54) is 0 Å². The number of nitrogens with zero attached hydrogens (tertiary/aromatic N) is 2. The predicted molar refractivity (Wildman–Crippen MR) is 133 cm³/mol. The molecule has 3 aromatic rings. The van der Waals surface area contributed by atoms with Crippen molar-refractivity contribution in [1.29, 1.82) is 0 Å². The summed E-state index contributed by atoms with van der Waals surface area (Å²) in [5, 5.41) is 1.02. The standard InChI is InChI=1S/C27H28F5N3OSi/c1-37(2,3)36-27(17-10-6-4-7-11-17,18-12-8-5-9-13-18)19-14-15-20-33-35(16-34(19)20)26-24(31)22(29)21(28)23(30)25(26)32/h4-13,19-20,33H,14-16H2,1-3H3/t19-,20?/m1/s1. The van der Waals surface area contributed by atoms with Crippen LogP contribution in [0, 0.1) is 29.1 Å². The maximum absolute atomic E-state index is 14.7. The van der Waals surface area contributed by atoms with Crippen LogP contribution in [0.3, 0.4) is 0 Å². The van der Waals surface area contributed by atoms with Crippen LogP contribution in [0.15, 0.2) is 60.7 Å². The number of hydrogen-bond donors (Lipinski definition) is 1. The Morgan fingerprint density at radius 1 is 0.757 bits per heavy atom. The van der Waals surface area contributed by atoms with Gasteiger partial charge in [-0.25, -0.2) is 27.4 Å². The molecule has 0 bridgehead atoms. The van der Waals surface area contributed by atoms with Crippen LogP contribution < -0.4 is 10.4 Å². The molecule has 196 valence electrons. The summed E-state index contributed by atoms with van der Waals surface area (Å²) in [6.45, 7) is 6.21. The Morgan fingerprint density at radius 2 is 1.24 bits per heavy atom. The fraction of sp³-hybridized carbons (Fsp3) is 0.333. The van der Waals surface area contributed by atoms with Crippen LogP contribution in [0.5, 0.6) is 0 Å². The van der Waals surface area contributed by atoms with Gasteiger partial charge < -0.3 is 4.43 Å². The summed E-state index contributed by atoms with van der Waals surface area (Å²) in [6, 6.07) is 19.4. The highest BCUT2D eigenvalue weighted by atomic mass is 28.4. The van der Waals surface area contributed by atoms with Gasteiger partial charge in [-0.05, 0) is 43.6 Å². The minimum atomic E-state index is -2.21. The molecule has 1 unspecified atom stereocenters. The number of halogens is 5. The lowest BCUT2D eigenvalue weighted by molar-refractivity contribution is 0.0102. The van der Waals surface area contributed by atoms with Gasteiger partial charge in [0, 0.05) is 6.04 Å². The molecule has 37 heavy (non-hydrogen) atoms. The maximum Gasteiger partial charge on any atom is 0.200 e. The number of rotatable bonds is 6. The highest BCUT2D eigenvalue weighted by Crippen LogP contribution is 2.48. The van der Waals surface area contributed by atoms with Crippen LogP contribution >= 0.6 is 0 Å². The zero-order valence-electron chi connectivity index (χ0n) is 20.7. The second-order valence-corrected chi connectivity index (χ2v) is 14.9. The van der Waals surface area contributed by atoms with Crippen LogP contribution in [0.25, 0.3) is 0 Å². The molecular weight excluding hydrogens is 505 g/mol. The number of fused-ring (bicyclic) bond motifs is 1. The lowest BCUT2D eigenvalue weighted by Gasteiger charge is -2.47. The zero-order chi connectivity index (χ0) is 26.5. The lowest BCUT2D eigenvalue weighted by Crippen LogP contribution is -2.55. The molecule has 2 heterocycles. The molecule has 0 radical (unpaired) electrons. The summed E-state index contributed by atoms with van der Waals surface area (Å²) >= 11 is 0. The fourth-order valence-electron chi connectivity index (χ4n) is 5.58. The van der Waals surface area contributed by atoms with Crippen LogP contribution in [0.2, 0.25) is 19.6 Å². The van der Waals surface area contributed by atoms with Gasteiger partial charge >= 0.3 is 0 Å². The van der Waals surface area contributed by atoms with Crippen molar-refractivity contribution in [2.45, 2.75) is 50.3 Å². The Morgan fingerprint density at radius 3 is 1.73 bits per heavy atom. The van der Waals surface area contributed by atoms with Crippen LogP contribution in [0.4, 0.5) is 27.6 Å². The quantitative estimate of drug-likeness (QED) is 0.176. The van der Waals surface area contributed by atoms with Gasteiger partial charge in [-0.3, -0.25) is 9.91 Å². The summed E-state index contributed by atoms with van der Waals surface area (Å²) in [5.74, 6) is -9.84. The Hall–Kier alpha value is -2.79. The summed E-state index contributed by atoms with van der Waals surface area (Å²) in [6.07, 6.45) is 0.904. The normalized spacial score (nSPS) is 20.5. The molecule has 3 aromatic carbocycles. The summed E-state index contributed by atoms with van der Waals surface area (Å²) < 4.78 is 78.1. The van der Waals surface area contributed by atoms with Crippen molar-refractivity contribution in [3.8, 4) is 0 Å². The molecule has 10 heteroatoms. The van der Waals surface area contributed by atoms with E-state index >= 15 is 0 Å². The van der Waals surface area contributed by atoms with Gasteiger partial charge in [0.1, 0.15) is 11.3 Å². The van der Waals surface area contributed by atoms with Gasteiger partial charge in [-0.2, -0.15) is 0 Å². The van der Waals surface area contributed by atoms with Crippen molar-refractivity contribution in [1.82, 2.24) is 10.3 Å². The Balaban J connectivity index is 1.62. The maximum atomic E-state index is 14.7. The van der Waals surface area contributed by atoms with Gasteiger partial charge in [0.2, 0.25) is 5.82 Å². The predicted octanol–water partition coefficient (Wildman–Crippen LogP) is 6.25. The van der Waals surface area contributed by atoms with E-state index in [9.17, 15) is 22.0 Å². The highest BCUT2D eigenvalue weighted by Gasteiger charge is 2.55. The third kappa shape index (κ3) is 4.35. The molecule has 0 spiro atoms. The van der Waals surface area contributed by atoms with E-state index < -0.39 is 48.7 Å². The van der Waals surface area contributed by atoms with E-state index in [1.807, 2.05) is 65.6 Å². The largest absolute Gasteiger partial charge is 0.403 e. The van der Waals surface area contributed by atoms with Gasteiger partial charge in [-0.15, -0.1) is 0 Å². The fourth-order valence-corrected chi connectivity index (χ4v) is 6.92. The van der Waals surface area contributed by atoms with E-state index in [1.54, 1.807) is 0 Å². The molecule has 2 fully saturated rings. The Bertz CT molecular complexity index is 1220. The molecule has 2 aliphatic heterocycles. The minimum absolute atomic E-state index is 0.0931. The Kier molecular flexibility index (Phi) is 6.64. The summed E-state index contributed by atoms with van der Waals surface area (Å²) in [7, 11) is -2.21. The molecule has 1 N–H and O–H groups in total. The van der Waals surface area contributed by atoms with Crippen molar-refractivity contribution >= 4 is 14.0 Å². The van der Waals surface area contributed by atoms with Gasteiger partial charge in [-0.1, -0.05) is 60.7 Å². The number of hydrogen-bond acceptors (Lipinski definition) is 4. The molecular formula is C27H28F5N3OSi. The first-order valence-electron chi connectivity index (χ1n) is 12.2. The lowest BCUT2D eigenvalue weighted by atomic mass is 9.79. The molecule has 0 aromatic heterocycles. The molecule has 4 nitrogen and oxygen atoms in total. The number of nitrogens with one attached hydrogen (secondary N) is 1. The van der Waals surface area contributed by atoms with Gasteiger partial charge in [0.15, 0.2) is 31.6 Å². The number of hydrazine groups is 1. The van der Waals surface area contributed by atoms with Crippen LogP contribution in [-0.2, 0) is 10.0 Å². The van der Waals surface area contributed by atoms with Crippen molar-refractivity contribution in [2.75, 3.05) is 11.7 Å². The van der Waals surface area contributed by atoms with E-state index in [-0.39, 0.29) is 18.9 Å². The topological polar surface area (TPSA) is 27.7 Å². The van der Waals surface area contributed by atoms with E-state index in [2.05, 4.69) is 25.1 Å². The first kappa shape index (κ1) is 25.8. The third-order valence-corrected chi connectivity index (χ3v) is 7.86. The third-order valence-electron chi connectivity index (χ3n) is 6.92. The molecule has 2 aliphatic rings. The average molecular weight is 534 g/mol. The number of benzene rings is 3. The van der Waals surface area contributed by atoms with E-state index in [0.717, 1.165) is 16.1 Å². The molecule has 0 amide bonds. The monoisotopic (exact) mass is 533 g/mol. The smallest absolute Gasteiger partial charge is 0.200 e. The minimum Gasteiger partial charge on any atom is -0.403 e. The molecule has 2 saturated heterocycles. The Labute approximate surface area is 213 Å². The summed E-state index contributed by atoms with van der Waals surface area (Å²) in [5.41, 5.74) is 2.93. The molecule has 5 rings (SSSR count). The SMILES string of the molecule is C[Si](C)(C)OC(c1ccccc1)(c1ccccc1)[C@H]1CCC2NN(c3c(F)c(F)c(F)c(F)c3F)CN21. The molecule has 2 atom stereocenters. The van der Waals surface area contributed by atoms with Crippen molar-refractivity contribution < 1.29 is 26.4 Å². The first-order valence-corrected chi connectivity index (χ1v) is 15.6. The van der Waals surface area contributed by atoms with Crippen LogP contribution in [-0.4, -0.2) is 32.1 Å². The molecule has 0 aliphatic carbocycles.